The van der Waals surface area contributed by atoms with E-state index in [1.54, 1.807) is 30.3 Å². The summed E-state index contributed by atoms with van der Waals surface area (Å²) in [5.41, 5.74) is 0.999. The summed E-state index contributed by atoms with van der Waals surface area (Å²) >= 11 is 5.18. The summed E-state index contributed by atoms with van der Waals surface area (Å²) in [6, 6.07) is 11.6. The van der Waals surface area contributed by atoms with E-state index in [2.05, 4.69) is 0 Å². The Morgan fingerprint density at radius 1 is 1.00 bits per heavy atom. The topological polar surface area (TPSA) is 43.4 Å². The normalized spacial score (nSPS) is 10.6. The number of carbonyl (C=O) groups excluding carboxylic acids is 2. The highest BCUT2D eigenvalue weighted by Gasteiger charge is 2.08. The van der Waals surface area contributed by atoms with Gasteiger partial charge in [0.25, 0.3) is 0 Å². The van der Waals surface area contributed by atoms with Crippen molar-refractivity contribution in [2.75, 3.05) is 0 Å². The second-order valence-electron chi connectivity index (χ2n) is 4.10. The molecule has 0 aliphatic carbocycles. The average molecular weight is 305 g/mol. The van der Waals surface area contributed by atoms with Crippen LogP contribution in [-0.2, 0) is 4.79 Å². The maximum Gasteiger partial charge on any atom is 0.343 e. The summed E-state index contributed by atoms with van der Waals surface area (Å²) in [6.07, 6.45) is 2.77. The van der Waals surface area contributed by atoms with Crippen molar-refractivity contribution in [2.45, 2.75) is 0 Å². The smallest absolute Gasteiger partial charge is 0.343 e. The van der Waals surface area contributed by atoms with E-state index in [1.165, 1.54) is 30.3 Å². The molecule has 0 amide bonds. The van der Waals surface area contributed by atoms with Gasteiger partial charge in [-0.2, -0.15) is 0 Å². The number of hydrogen-bond donors (Lipinski definition) is 0. The van der Waals surface area contributed by atoms with Gasteiger partial charge in [0.2, 0.25) is 5.24 Å². The monoisotopic (exact) mass is 304 g/mol. The maximum atomic E-state index is 12.8. The van der Waals surface area contributed by atoms with Gasteiger partial charge in [0, 0.05) is 0 Å². The van der Waals surface area contributed by atoms with Gasteiger partial charge in [-0.3, -0.25) is 4.79 Å². The lowest BCUT2D eigenvalue weighted by Gasteiger charge is -2.04. The van der Waals surface area contributed by atoms with Crippen LogP contribution in [0.15, 0.2) is 54.6 Å². The molecule has 3 nitrogen and oxygen atoms in total. The van der Waals surface area contributed by atoms with Crippen LogP contribution in [0.5, 0.6) is 5.75 Å². The highest BCUT2D eigenvalue weighted by molar-refractivity contribution is 6.66. The Hall–Kier alpha value is -2.46. The fourth-order valence-corrected chi connectivity index (χ4v) is 1.62. The van der Waals surface area contributed by atoms with E-state index < -0.39 is 17.0 Å². The van der Waals surface area contributed by atoms with Gasteiger partial charge in [-0.1, -0.05) is 18.2 Å². The van der Waals surface area contributed by atoms with Crippen molar-refractivity contribution < 1.29 is 18.7 Å². The largest absolute Gasteiger partial charge is 0.423 e. The van der Waals surface area contributed by atoms with E-state index in [9.17, 15) is 14.0 Å². The van der Waals surface area contributed by atoms with Crippen LogP contribution in [0, 0.1) is 5.82 Å². The Morgan fingerprint density at radius 2 is 1.62 bits per heavy atom. The first kappa shape index (κ1) is 14.9. The molecule has 0 bridgehead atoms. The lowest BCUT2D eigenvalue weighted by atomic mass is 10.2. The molecule has 0 aliphatic heterocycles. The molecular weight excluding hydrogens is 295 g/mol. The molecule has 2 aromatic rings. The van der Waals surface area contributed by atoms with Crippen LogP contribution in [-0.4, -0.2) is 11.2 Å². The van der Waals surface area contributed by atoms with Gasteiger partial charge in [0.05, 0.1) is 5.56 Å². The van der Waals surface area contributed by atoms with Crippen molar-refractivity contribution in [3.8, 4) is 5.75 Å². The van der Waals surface area contributed by atoms with Crippen molar-refractivity contribution in [3.05, 3.63) is 71.6 Å². The van der Waals surface area contributed by atoms with Gasteiger partial charge in [-0.05, 0) is 59.6 Å². The van der Waals surface area contributed by atoms with Crippen molar-refractivity contribution in [3.63, 3.8) is 0 Å². The quantitative estimate of drug-likeness (QED) is 0.373. The Labute approximate surface area is 125 Å². The van der Waals surface area contributed by atoms with Gasteiger partial charge >= 0.3 is 5.97 Å². The number of benzene rings is 2. The fraction of sp³-hybridized carbons (Fsp3) is 0. The lowest BCUT2D eigenvalue weighted by Crippen LogP contribution is -2.08. The molecule has 21 heavy (non-hydrogen) atoms. The van der Waals surface area contributed by atoms with Crippen molar-refractivity contribution in [1.29, 1.82) is 0 Å². The van der Waals surface area contributed by atoms with Crippen LogP contribution in [0.25, 0.3) is 6.08 Å². The third kappa shape index (κ3) is 4.54. The number of esters is 1. The minimum atomic E-state index is -0.575. The van der Waals surface area contributed by atoms with E-state index in [1.807, 2.05) is 0 Å². The molecule has 0 aliphatic rings. The van der Waals surface area contributed by atoms with Gasteiger partial charge < -0.3 is 4.74 Å². The summed E-state index contributed by atoms with van der Waals surface area (Å²) in [5, 5.41) is -0.568. The van der Waals surface area contributed by atoms with Crippen LogP contribution in [0.3, 0.4) is 0 Å². The zero-order valence-corrected chi connectivity index (χ0v) is 11.5. The molecule has 0 unspecified atom stereocenters. The number of carbonyl (C=O) groups is 2. The Morgan fingerprint density at radius 3 is 2.19 bits per heavy atom. The minimum Gasteiger partial charge on any atom is -0.423 e. The van der Waals surface area contributed by atoms with Gasteiger partial charge in [-0.25, -0.2) is 9.18 Å². The number of allylic oxidation sites excluding steroid dienone is 1. The first-order chi connectivity index (χ1) is 10.0. The zero-order chi connectivity index (χ0) is 15.2. The third-order valence-corrected chi connectivity index (χ3v) is 2.70. The predicted octanol–water partition coefficient (Wildman–Crippen LogP) is 3.82. The Balaban J connectivity index is 2.04. The summed E-state index contributed by atoms with van der Waals surface area (Å²) in [5.74, 6) is -0.649. The molecule has 0 saturated heterocycles. The summed E-state index contributed by atoms with van der Waals surface area (Å²) in [7, 11) is 0. The summed E-state index contributed by atoms with van der Waals surface area (Å²) < 4.78 is 17.9. The molecule has 0 radical (unpaired) electrons. The molecule has 0 aromatic heterocycles. The van der Waals surface area contributed by atoms with Gasteiger partial charge in [0.1, 0.15) is 11.6 Å². The molecule has 0 heterocycles. The predicted molar refractivity (Wildman–Crippen MR) is 77.7 cm³/mol. The Bertz CT molecular complexity index is 676. The van der Waals surface area contributed by atoms with Crippen molar-refractivity contribution in [1.82, 2.24) is 0 Å². The minimum absolute atomic E-state index is 0.258. The first-order valence-corrected chi connectivity index (χ1v) is 6.38. The summed E-state index contributed by atoms with van der Waals surface area (Å²) in [4.78, 5) is 22.4. The average Bonchev–Trinajstić information content (AvgIpc) is 2.47. The van der Waals surface area contributed by atoms with Gasteiger partial charge in [-0.15, -0.1) is 0 Å². The van der Waals surface area contributed by atoms with E-state index >= 15 is 0 Å². The maximum absolute atomic E-state index is 12.8. The molecule has 0 fully saturated rings. The highest BCUT2D eigenvalue weighted by Crippen LogP contribution is 2.15. The second kappa shape index (κ2) is 6.81. The van der Waals surface area contributed by atoms with Crippen LogP contribution < -0.4 is 4.74 Å². The summed E-state index contributed by atoms with van der Waals surface area (Å²) in [6.45, 7) is 0. The third-order valence-electron chi connectivity index (χ3n) is 2.58. The molecule has 0 atom stereocenters. The fourth-order valence-electron chi connectivity index (χ4n) is 1.56. The standard InChI is InChI=1S/C16H10ClFO3/c17-15(19)10-3-11-1-8-14(9-2-11)21-16(20)12-4-6-13(18)7-5-12/h1-10H. The molecule has 0 N–H and O–H groups in total. The van der Waals surface area contributed by atoms with Crippen LogP contribution in [0.2, 0.25) is 0 Å². The zero-order valence-electron chi connectivity index (χ0n) is 10.8. The van der Waals surface area contributed by atoms with E-state index in [0.29, 0.717) is 5.75 Å². The van der Waals surface area contributed by atoms with Gasteiger partial charge in [0.15, 0.2) is 0 Å². The molecular formula is C16H10ClFO3. The lowest BCUT2D eigenvalue weighted by molar-refractivity contribution is -0.107. The first-order valence-electron chi connectivity index (χ1n) is 6.00. The SMILES string of the molecule is O=C(Cl)C=Cc1ccc(OC(=O)c2ccc(F)cc2)cc1. The van der Waals surface area contributed by atoms with Crippen LogP contribution in [0.1, 0.15) is 15.9 Å². The number of rotatable bonds is 4. The Kier molecular flexibility index (Phi) is 4.85. The number of ether oxygens (including phenoxy) is 1. The molecule has 2 rings (SSSR count). The molecule has 0 spiro atoms. The highest BCUT2D eigenvalue weighted by atomic mass is 35.5. The van der Waals surface area contributed by atoms with Crippen molar-refractivity contribution >= 4 is 28.9 Å². The van der Waals surface area contributed by atoms with Crippen LogP contribution >= 0.6 is 11.6 Å². The van der Waals surface area contributed by atoms with E-state index in [-0.39, 0.29) is 5.56 Å². The molecule has 106 valence electrons. The molecule has 0 saturated carbocycles. The molecule has 2 aromatic carbocycles. The van der Waals surface area contributed by atoms with E-state index in [0.717, 1.165) is 5.56 Å². The van der Waals surface area contributed by atoms with Crippen molar-refractivity contribution in [2.24, 2.45) is 0 Å². The van der Waals surface area contributed by atoms with Crippen LogP contribution in [0.4, 0.5) is 4.39 Å². The number of halogens is 2. The van der Waals surface area contributed by atoms with E-state index in [4.69, 9.17) is 16.3 Å². The molecule has 5 heteroatoms. The number of hydrogen-bond acceptors (Lipinski definition) is 3. The second-order valence-corrected chi connectivity index (χ2v) is 4.48.